The highest BCUT2D eigenvalue weighted by Gasteiger charge is 2.18. The minimum Gasteiger partial charge on any atom is -0.466 e. The molecule has 1 amide bonds. The molecule has 0 radical (unpaired) electrons. The number of esters is 1. The van der Waals surface area contributed by atoms with Crippen molar-refractivity contribution in [2.75, 3.05) is 13.2 Å². The molecule has 3 N–H and O–H groups in total. The number of aliphatic hydroxyl groups excluding tert-OH is 2. The van der Waals surface area contributed by atoms with Crippen molar-refractivity contribution in [2.24, 2.45) is 0 Å². The zero-order valence-corrected chi connectivity index (χ0v) is 53.6. The maximum Gasteiger partial charge on any atom is 0.305 e. The summed E-state index contributed by atoms with van der Waals surface area (Å²) in [6.07, 6.45) is 91.5. The van der Waals surface area contributed by atoms with Gasteiger partial charge in [-0.05, 0) is 89.9 Å². The van der Waals surface area contributed by atoms with Gasteiger partial charge in [0.05, 0.1) is 25.4 Å². The molecule has 6 heteroatoms. The summed E-state index contributed by atoms with van der Waals surface area (Å²) < 4.78 is 5.47. The van der Waals surface area contributed by atoms with Crippen molar-refractivity contribution in [3.63, 3.8) is 0 Å². The number of rotatable bonds is 66. The topological polar surface area (TPSA) is 95.9 Å². The number of nitrogens with one attached hydrogen (secondary N) is 1. The fraction of sp³-hybridized carbons (Fsp3) is 0.838. The van der Waals surface area contributed by atoms with Crippen LogP contribution in [0.15, 0.2) is 60.8 Å². The number of hydrogen-bond acceptors (Lipinski definition) is 5. The fourth-order valence-corrected chi connectivity index (χ4v) is 10.8. The second-order valence-electron chi connectivity index (χ2n) is 24.2. The first-order chi connectivity index (χ1) is 39.5. The Morgan fingerprint density at radius 2 is 0.637 bits per heavy atom. The average molecular weight is 1120 g/mol. The van der Waals surface area contributed by atoms with Gasteiger partial charge in [-0.15, -0.1) is 0 Å². The van der Waals surface area contributed by atoms with Crippen LogP contribution in [0.1, 0.15) is 373 Å². The third-order valence-corrected chi connectivity index (χ3v) is 16.3. The molecule has 0 spiro atoms. The number of amides is 1. The molecule has 0 saturated carbocycles. The Labute approximate surface area is 499 Å². The predicted octanol–water partition coefficient (Wildman–Crippen LogP) is 23.0. The van der Waals surface area contributed by atoms with E-state index in [9.17, 15) is 19.8 Å². The molecule has 0 saturated heterocycles. The molecule has 0 rings (SSSR count). The van der Waals surface area contributed by atoms with Gasteiger partial charge in [-0.2, -0.15) is 0 Å². The molecule has 6 nitrogen and oxygen atoms in total. The predicted molar refractivity (Wildman–Crippen MR) is 352 cm³/mol. The van der Waals surface area contributed by atoms with Gasteiger partial charge in [-0.25, -0.2) is 0 Å². The van der Waals surface area contributed by atoms with Gasteiger partial charge in [0.25, 0.3) is 0 Å². The van der Waals surface area contributed by atoms with Crippen molar-refractivity contribution in [1.29, 1.82) is 0 Å². The molecule has 0 aliphatic heterocycles. The number of unbranched alkanes of at least 4 members (excludes halogenated alkanes) is 47. The molecule has 0 aliphatic carbocycles. The lowest BCUT2D eigenvalue weighted by molar-refractivity contribution is -0.143. The van der Waals surface area contributed by atoms with E-state index >= 15 is 0 Å². The number of aliphatic hydroxyl groups is 2. The molecule has 0 aromatic heterocycles. The van der Waals surface area contributed by atoms with Gasteiger partial charge in [0, 0.05) is 12.8 Å². The average Bonchev–Trinajstić information content (AvgIpc) is 3.46. The normalized spacial score (nSPS) is 12.9. The van der Waals surface area contributed by atoms with Crippen molar-refractivity contribution in [2.45, 2.75) is 386 Å². The van der Waals surface area contributed by atoms with Crippen LogP contribution in [0.25, 0.3) is 0 Å². The molecule has 0 fully saturated rings. The van der Waals surface area contributed by atoms with Gasteiger partial charge < -0.3 is 20.3 Å². The second kappa shape index (κ2) is 69.1. The van der Waals surface area contributed by atoms with Crippen LogP contribution in [0.4, 0.5) is 0 Å². The van der Waals surface area contributed by atoms with Gasteiger partial charge in [-0.1, -0.05) is 331 Å². The molecule has 468 valence electrons. The van der Waals surface area contributed by atoms with Gasteiger partial charge in [0.1, 0.15) is 0 Å². The number of carbonyl (C=O) groups is 2. The summed E-state index contributed by atoms with van der Waals surface area (Å²) in [7, 11) is 0. The third kappa shape index (κ3) is 64.7. The smallest absolute Gasteiger partial charge is 0.305 e. The van der Waals surface area contributed by atoms with Crippen LogP contribution >= 0.6 is 0 Å². The fourth-order valence-electron chi connectivity index (χ4n) is 10.8. The summed E-state index contributed by atoms with van der Waals surface area (Å²) in [4.78, 5) is 24.6. The lowest BCUT2D eigenvalue weighted by atomic mass is 10.0. The van der Waals surface area contributed by atoms with Crippen LogP contribution in [0.3, 0.4) is 0 Å². The highest BCUT2D eigenvalue weighted by Crippen LogP contribution is 2.18. The van der Waals surface area contributed by atoms with Gasteiger partial charge in [0.15, 0.2) is 0 Å². The van der Waals surface area contributed by atoms with E-state index in [-0.39, 0.29) is 18.5 Å². The molecule has 0 aromatic rings. The Balaban J connectivity index is 3.46. The number of hydrogen-bond donors (Lipinski definition) is 3. The molecule has 80 heavy (non-hydrogen) atoms. The van der Waals surface area contributed by atoms with E-state index in [1.165, 1.54) is 289 Å². The van der Waals surface area contributed by atoms with Crippen LogP contribution in [0.2, 0.25) is 0 Å². The summed E-state index contributed by atoms with van der Waals surface area (Å²) >= 11 is 0. The van der Waals surface area contributed by atoms with E-state index in [0.717, 1.165) is 57.8 Å². The lowest BCUT2D eigenvalue weighted by Crippen LogP contribution is -2.45. The van der Waals surface area contributed by atoms with E-state index in [2.05, 4.69) is 67.8 Å². The molecule has 0 aliphatic rings. The number of carbonyl (C=O) groups excluding carboxylic acids is 2. The van der Waals surface area contributed by atoms with Crippen LogP contribution in [-0.2, 0) is 14.3 Å². The zero-order chi connectivity index (χ0) is 57.8. The Kier molecular flexibility index (Phi) is 66.9. The van der Waals surface area contributed by atoms with Crippen molar-refractivity contribution in [1.82, 2.24) is 5.32 Å². The van der Waals surface area contributed by atoms with Gasteiger partial charge >= 0.3 is 5.97 Å². The quantitative estimate of drug-likeness (QED) is 0.0320. The Hall–Kier alpha value is -2.44. The van der Waals surface area contributed by atoms with E-state index in [0.29, 0.717) is 19.4 Å². The van der Waals surface area contributed by atoms with E-state index < -0.39 is 12.1 Å². The molecule has 2 atom stereocenters. The monoisotopic (exact) mass is 1120 g/mol. The first kappa shape index (κ1) is 77.6. The van der Waals surface area contributed by atoms with Gasteiger partial charge in [0.2, 0.25) is 5.91 Å². The maximum absolute atomic E-state index is 12.5. The number of ether oxygens (including phenoxy) is 1. The van der Waals surface area contributed by atoms with E-state index in [1.54, 1.807) is 6.08 Å². The molecule has 0 bridgehead atoms. The number of allylic oxidation sites excluding steroid dienone is 9. The van der Waals surface area contributed by atoms with Crippen LogP contribution in [-0.4, -0.2) is 47.4 Å². The summed E-state index contributed by atoms with van der Waals surface area (Å²) in [6, 6.07) is -0.633. The standard InChI is InChI=1S/C74H137NO5/c1-3-5-7-9-11-13-15-17-19-20-21-22-30-33-36-39-42-46-50-54-58-62-66-72(77)71(70-76)75-73(78)67-63-59-55-51-47-43-40-37-34-31-28-26-24-23-25-27-29-32-35-38-41-45-49-53-57-61-65-69-80-74(79)68-64-60-56-52-48-44-18-16-14-12-10-8-6-4-2/h10,12,16,18,23-24,27,29,62,66,71-72,76-77H,3-9,11,13-15,17,19-22,25-26,28,30-61,63-65,67-70H2,1-2H3,(H,75,78)/b12-10-,18-16-,24-23-,29-27-,66-62+. The van der Waals surface area contributed by atoms with E-state index in [1.807, 2.05) is 6.08 Å². The summed E-state index contributed by atoms with van der Waals surface area (Å²) in [5, 5.41) is 23.3. The second-order valence-corrected chi connectivity index (χ2v) is 24.2. The zero-order valence-electron chi connectivity index (χ0n) is 53.6. The lowest BCUT2D eigenvalue weighted by Gasteiger charge is -2.20. The molecular weight excluding hydrogens is 983 g/mol. The summed E-state index contributed by atoms with van der Waals surface area (Å²) in [5.74, 6) is -0.0729. The van der Waals surface area contributed by atoms with Crippen LogP contribution < -0.4 is 5.32 Å². The minimum atomic E-state index is -0.849. The summed E-state index contributed by atoms with van der Waals surface area (Å²) in [6.45, 7) is 4.88. The summed E-state index contributed by atoms with van der Waals surface area (Å²) in [5.41, 5.74) is 0. The maximum atomic E-state index is 12.5. The minimum absolute atomic E-state index is 0.00454. The largest absolute Gasteiger partial charge is 0.466 e. The molecule has 0 aromatic carbocycles. The Morgan fingerprint density at radius 1 is 0.350 bits per heavy atom. The van der Waals surface area contributed by atoms with Crippen LogP contribution in [0.5, 0.6) is 0 Å². The van der Waals surface area contributed by atoms with Crippen molar-refractivity contribution in [3.05, 3.63) is 60.8 Å². The highest BCUT2D eigenvalue weighted by molar-refractivity contribution is 5.76. The SMILES string of the molecule is CCCC/C=C\C/C=C\CCCCCCCC(=O)OCCCCCCCCCCC/C=C\C/C=C\CCCCCCCCCCCCCC(=O)NC(CO)C(O)/C=C/CCCCCCCCCCCCCCCCCCCCCC. The van der Waals surface area contributed by atoms with Gasteiger partial charge in [-0.3, -0.25) is 9.59 Å². The first-order valence-electron chi connectivity index (χ1n) is 35.6. The molecule has 0 heterocycles. The Morgan fingerprint density at radius 3 is 0.988 bits per heavy atom. The molecule has 2 unspecified atom stereocenters. The third-order valence-electron chi connectivity index (χ3n) is 16.3. The van der Waals surface area contributed by atoms with Crippen molar-refractivity contribution < 1.29 is 24.5 Å². The van der Waals surface area contributed by atoms with Crippen molar-refractivity contribution in [3.8, 4) is 0 Å². The highest BCUT2D eigenvalue weighted by atomic mass is 16.5. The van der Waals surface area contributed by atoms with E-state index in [4.69, 9.17) is 4.74 Å². The Bertz CT molecular complexity index is 1380. The molecular formula is C74H137NO5. The van der Waals surface area contributed by atoms with Crippen LogP contribution in [0, 0.1) is 0 Å². The first-order valence-corrected chi connectivity index (χ1v) is 35.6. The van der Waals surface area contributed by atoms with Crippen molar-refractivity contribution >= 4 is 11.9 Å².